The van der Waals surface area contributed by atoms with Crippen molar-refractivity contribution in [2.24, 2.45) is 0 Å². The van der Waals surface area contributed by atoms with Crippen LogP contribution in [0.1, 0.15) is 34.5 Å². The molecule has 0 saturated carbocycles. The van der Waals surface area contributed by atoms with Crippen LogP contribution >= 0.6 is 11.3 Å². The summed E-state index contributed by atoms with van der Waals surface area (Å²) >= 11 is 1.05. The van der Waals surface area contributed by atoms with Crippen molar-refractivity contribution in [3.05, 3.63) is 77.5 Å². The largest absolute Gasteiger partial charge is 0.393 e. The third-order valence-corrected chi connectivity index (χ3v) is 9.35. The van der Waals surface area contributed by atoms with E-state index in [1.54, 1.807) is 18.6 Å². The second-order valence-corrected chi connectivity index (χ2v) is 12.5. The third kappa shape index (κ3) is 6.90. The fraction of sp³-hybridized carbons (Fsp3) is 0.344. The van der Waals surface area contributed by atoms with Gasteiger partial charge in [0.05, 0.1) is 18.1 Å². The number of hydrogen-bond donors (Lipinski definition) is 2. The molecule has 1 amide bonds. The first kappa shape index (κ1) is 31.3. The summed E-state index contributed by atoms with van der Waals surface area (Å²) in [5, 5.41) is 17.7. The summed E-state index contributed by atoms with van der Waals surface area (Å²) in [4.78, 5) is 27.5. The number of likely N-dealkylation sites (tertiary alicyclic amines) is 1. The van der Waals surface area contributed by atoms with Crippen molar-refractivity contribution in [1.82, 2.24) is 29.0 Å². The Morgan fingerprint density at radius 1 is 1.17 bits per heavy atom. The monoisotopic (exact) mass is 647 g/mol. The molecular weight excluding hydrogens is 615 g/mol. The van der Waals surface area contributed by atoms with Crippen LogP contribution in [-0.4, -0.2) is 60.2 Å². The van der Waals surface area contributed by atoms with Crippen molar-refractivity contribution in [2.75, 3.05) is 23.7 Å². The van der Waals surface area contributed by atoms with Gasteiger partial charge in [0.15, 0.2) is 5.82 Å². The zero-order chi connectivity index (χ0) is 32.4. The zero-order valence-corrected chi connectivity index (χ0v) is 26.0. The van der Waals surface area contributed by atoms with Crippen molar-refractivity contribution < 1.29 is 18.0 Å². The summed E-state index contributed by atoms with van der Waals surface area (Å²) in [7, 11) is 0. The van der Waals surface area contributed by atoms with Crippen molar-refractivity contribution in [3.8, 4) is 6.07 Å². The number of carbonyl (C=O) groups is 1. The lowest BCUT2D eigenvalue weighted by Gasteiger charge is -2.33. The molecule has 5 heterocycles. The molecule has 1 aliphatic rings. The number of aromatic nitrogens is 5. The van der Waals surface area contributed by atoms with E-state index in [1.807, 2.05) is 15.2 Å². The molecule has 0 spiro atoms. The molecule has 1 aromatic carbocycles. The minimum atomic E-state index is -4.26. The fourth-order valence-corrected chi connectivity index (χ4v) is 6.97. The second kappa shape index (κ2) is 12.9. The van der Waals surface area contributed by atoms with Gasteiger partial charge >= 0.3 is 6.18 Å². The molecule has 6 rings (SSSR count). The van der Waals surface area contributed by atoms with Crippen molar-refractivity contribution in [3.63, 3.8) is 0 Å². The Bertz CT molecular complexity index is 1940. The van der Waals surface area contributed by atoms with Gasteiger partial charge in [-0.25, -0.2) is 15.0 Å². The average molecular weight is 648 g/mol. The summed E-state index contributed by atoms with van der Waals surface area (Å²) in [5.41, 5.74) is 3.91. The number of rotatable bonds is 10. The molecule has 0 aliphatic carbocycles. The molecule has 10 nitrogen and oxygen atoms in total. The maximum Gasteiger partial charge on any atom is 0.393 e. The van der Waals surface area contributed by atoms with Gasteiger partial charge in [0.25, 0.3) is 0 Å². The van der Waals surface area contributed by atoms with Gasteiger partial charge in [-0.2, -0.15) is 18.4 Å². The minimum absolute atomic E-state index is 0.154. The van der Waals surface area contributed by atoms with E-state index in [0.29, 0.717) is 40.6 Å². The summed E-state index contributed by atoms with van der Waals surface area (Å²) in [6.45, 7) is 9.16. The van der Waals surface area contributed by atoms with Crippen LogP contribution in [0.5, 0.6) is 0 Å². The number of nitrogens with one attached hydrogen (secondary N) is 2. The maximum absolute atomic E-state index is 12.9. The van der Waals surface area contributed by atoms with E-state index >= 15 is 0 Å². The number of halogens is 3. The SMILES string of the molecule is C=CC(=O)Nc1cn(CCn2c(C#N)cc3c(C)c(CN4CCC(Nc5ncnc6sc(CC(F)(F)F)cc56)CC4)ccc32)cn1. The lowest BCUT2D eigenvalue weighted by Crippen LogP contribution is -2.39. The van der Waals surface area contributed by atoms with Crippen molar-refractivity contribution >= 4 is 50.0 Å². The second-order valence-electron chi connectivity index (χ2n) is 11.4. The van der Waals surface area contributed by atoms with E-state index in [1.165, 1.54) is 18.0 Å². The molecular formula is C32H32F3N9OS. The first-order valence-corrected chi connectivity index (χ1v) is 15.7. The first-order valence-electron chi connectivity index (χ1n) is 14.9. The molecule has 0 atom stereocenters. The van der Waals surface area contributed by atoms with Crippen LogP contribution in [0, 0.1) is 18.3 Å². The van der Waals surface area contributed by atoms with E-state index in [4.69, 9.17) is 0 Å². The predicted octanol–water partition coefficient (Wildman–Crippen LogP) is 6.03. The average Bonchev–Trinajstić information content (AvgIpc) is 3.74. The number of imidazole rings is 1. The molecule has 1 fully saturated rings. The lowest BCUT2D eigenvalue weighted by atomic mass is 10.0. The number of alkyl halides is 3. The number of fused-ring (bicyclic) bond motifs is 2. The third-order valence-electron chi connectivity index (χ3n) is 8.31. The molecule has 0 radical (unpaired) electrons. The van der Waals surface area contributed by atoms with Gasteiger partial charge in [0.1, 0.15) is 28.7 Å². The number of nitriles is 1. The van der Waals surface area contributed by atoms with E-state index in [0.717, 1.165) is 60.3 Å². The number of carbonyl (C=O) groups excluding carboxylic acids is 1. The Morgan fingerprint density at radius 3 is 2.72 bits per heavy atom. The number of nitrogens with zero attached hydrogens (tertiary/aromatic N) is 7. The highest BCUT2D eigenvalue weighted by molar-refractivity contribution is 7.18. The fourth-order valence-electron chi connectivity index (χ4n) is 5.94. The molecule has 4 aromatic heterocycles. The molecule has 2 N–H and O–H groups in total. The van der Waals surface area contributed by atoms with Gasteiger partial charge in [-0.15, -0.1) is 11.3 Å². The molecule has 0 unspecified atom stereocenters. The van der Waals surface area contributed by atoms with E-state index < -0.39 is 12.6 Å². The van der Waals surface area contributed by atoms with Crippen molar-refractivity contribution in [2.45, 2.75) is 58.0 Å². The van der Waals surface area contributed by atoms with E-state index in [9.17, 15) is 23.2 Å². The highest BCUT2D eigenvalue weighted by Gasteiger charge is 2.29. The first-order chi connectivity index (χ1) is 22.1. The smallest absolute Gasteiger partial charge is 0.367 e. The van der Waals surface area contributed by atoms with Gasteiger partial charge in [-0.3, -0.25) is 9.69 Å². The Balaban J connectivity index is 1.08. The van der Waals surface area contributed by atoms with Crippen LogP contribution in [-0.2, 0) is 30.8 Å². The molecule has 46 heavy (non-hydrogen) atoms. The van der Waals surface area contributed by atoms with Gasteiger partial charge in [-0.1, -0.05) is 12.6 Å². The predicted molar refractivity (Wildman–Crippen MR) is 172 cm³/mol. The van der Waals surface area contributed by atoms with Gasteiger partial charge in [0.2, 0.25) is 5.91 Å². The normalized spacial score (nSPS) is 14.5. The van der Waals surface area contributed by atoms with Crippen LogP contribution in [0.3, 0.4) is 0 Å². The number of aryl methyl sites for hydroxylation is 3. The van der Waals surface area contributed by atoms with Gasteiger partial charge < -0.3 is 19.8 Å². The summed E-state index contributed by atoms with van der Waals surface area (Å²) < 4.78 is 42.6. The molecule has 5 aromatic rings. The summed E-state index contributed by atoms with van der Waals surface area (Å²) in [6.07, 6.45) is 2.48. The van der Waals surface area contributed by atoms with Crippen LogP contribution in [0.15, 0.2) is 55.8 Å². The van der Waals surface area contributed by atoms with E-state index in [-0.39, 0.29) is 16.8 Å². The van der Waals surface area contributed by atoms with Crippen LogP contribution < -0.4 is 10.6 Å². The Morgan fingerprint density at radius 2 is 1.98 bits per heavy atom. The van der Waals surface area contributed by atoms with E-state index in [2.05, 4.69) is 62.2 Å². The minimum Gasteiger partial charge on any atom is -0.367 e. The Kier molecular flexibility index (Phi) is 8.79. The molecule has 238 valence electrons. The number of piperidine rings is 1. The molecule has 1 aliphatic heterocycles. The summed E-state index contributed by atoms with van der Waals surface area (Å²) in [6, 6.07) is 10.2. The molecule has 0 bridgehead atoms. The maximum atomic E-state index is 12.9. The number of amides is 1. The zero-order valence-electron chi connectivity index (χ0n) is 25.1. The van der Waals surface area contributed by atoms with Crippen LogP contribution in [0.25, 0.3) is 21.1 Å². The molecule has 14 heteroatoms. The van der Waals surface area contributed by atoms with Crippen LogP contribution in [0.4, 0.5) is 24.8 Å². The Hall–Kier alpha value is -4.74. The standard InChI is InChI=1S/C32H32F3N9OS/c1-3-29(45)41-28-17-43(19-39-28)10-11-44-23(15-36)12-25-20(2)21(4-5-27(25)44)16-42-8-6-22(7-9-42)40-30-26-13-24(14-32(33,34)35)46-31(26)38-18-37-30/h3-5,12-13,17-19,22H,1,6-11,14,16H2,2H3,(H,41,45)(H,37,38,40). The van der Waals surface area contributed by atoms with Crippen molar-refractivity contribution in [1.29, 1.82) is 5.26 Å². The lowest BCUT2D eigenvalue weighted by molar-refractivity contribution is -0.126. The highest BCUT2D eigenvalue weighted by atomic mass is 32.1. The number of hydrogen-bond acceptors (Lipinski definition) is 8. The topological polar surface area (TPSA) is 117 Å². The molecule has 1 saturated heterocycles. The van der Waals surface area contributed by atoms with Gasteiger partial charge in [-0.05, 0) is 55.2 Å². The summed E-state index contributed by atoms with van der Waals surface area (Å²) in [5.74, 6) is 0.697. The Labute approximate surface area is 267 Å². The quantitative estimate of drug-likeness (QED) is 0.178. The number of thiophene rings is 1. The number of benzene rings is 1. The highest BCUT2D eigenvalue weighted by Crippen LogP contribution is 2.33. The van der Waals surface area contributed by atoms with Gasteiger partial charge in [0, 0.05) is 60.7 Å². The number of anilines is 2. The van der Waals surface area contributed by atoms with Crippen LogP contribution in [0.2, 0.25) is 0 Å².